The Hall–Kier alpha value is -1.93. The molecule has 1 aliphatic rings. The summed E-state index contributed by atoms with van der Waals surface area (Å²) in [5.41, 5.74) is 0.987. The van der Waals surface area contributed by atoms with Gasteiger partial charge >= 0.3 is 5.97 Å². The largest absolute Gasteiger partial charge is 0.480 e. The van der Waals surface area contributed by atoms with Crippen LogP contribution in [0.2, 0.25) is 0 Å². The van der Waals surface area contributed by atoms with Crippen LogP contribution in [-0.4, -0.2) is 60.3 Å². The minimum atomic E-state index is -3.57. The van der Waals surface area contributed by atoms with E-state index in [0.29, 0.717) is 12.8 Å². The van der Waals surface area contributed by atoms with Crippen molar-refractivity contribution < 1.29 is 23.1 Å². The highest BCUT2D eigenvalue weighted by Gasteiger charge is 2.34. The number of hydrogen-bond donors (Lipinski definition) is 1. The lowest BCUT2D eigenvalue weighted by atomic mass is 9.96. The highest BCUT2D eigenvalue weighted by Crippen LogP contribution is 2.25. The van der Waals surface area contributed by atoms with Gasteiger partial charge in [0.25, 0.3) is 0 Å². The Morgan fingerprint density at radius 2 is 1.73 bits per heavy atom. The molecule has 7 nitrogen and oxygen atoms in total. The molecule has 1 N–H and O–H groups in total. The Bertz CT molecular complexity index is 750. The molecule has 2 rings (SSSR count). The highest BCUT2D eigenvalue weighted by molar-refractivity contribution is 7.89. The van der Waals surface area contributed by atoms with E-state index < -0.39 is 16.0 Å². The molecule has 1 fully saturated rings. The lowest BCUT2D eigenvalue weighted by Crippen LogP contribution is -2.47. The van der Waals surface area contributed by atoms with Gasteiger partial charge in [-0.05, 0) is 45.7 Å². The van der Waals surface area contributed by atoms with Crippen LogP contribution >= 0.6 is 0 Å². The number of aryl methyl sites for hydroxylation is 1. The van der Waals surface area contributed by atoms with Gasteiger partial charge in [0, 0.05) is 25.0 Å². The Kier molecular flexibility index (Phi) is 6.41. The predicted molar refractivity (Wildman–Crippen MR) is 97.1 cm³/mol. The van der Waals surface area contributed by atoms with E-state index >= 15 is 0 Å². The lowest BCUT2D eigenvalue weighted by molar-refractivity contribution is -0.148. The Morgan fingerprint density at radius 1 is 1.19 bits per heavy atom. The summed E-state index contributed by atoms with van der Waals surface area (Å²) in [6.07, 6.45) is 0.791. The summed E-state index contributed by atoms with van der Waals surface area (Å²) in [5.74, 6) is -1.61. The molecule has 0 aromatic heterocycles. The second-order valence-corrected chi connectivity index (χ2v) is 8.88. The summed E-state index contributed by atoms with van der Waals surface area (Å²) in [7, 11) is -3.57. The number of nitrogens with zero attached hydrogens (tertiary/aromatic N) is 2. The summed E-state index contributed by atoms with van der Waals surface area (Å²) in [6.45, 7) is 5.62. The number of carbonyl (C=O) groups is 2. The van der Waals surface area contributed by atoms with Crippen LogP contribution in [0.15, 0.2) is 29.2 Å². The fourth-order valence-electron chi connectivity index (χ4n) is 3.10. The van der Waals surface area contributed by atoms with Gasteiger partial charge in [-0.15, -0.1) is 0 Å². The van der Waals surface area contributed by atoms with Crippen molar-refractivity contribution in [3.63, 3.8) is 0 Å². The Morgan fingerprint density at radius 3 is 2.19 bits per heavy atom. The molecule has 0 spiro atoms. The first kappa shape index (κ1) is 20.4. The molecule has 0 unspecified atom stereocenters. The number of carbonyl (C=O) groups excluding carboxylic acids is 1. The third kappa shape index (κ3) is 4.62. The molecule has 1 saturated heterocycles. The van der Waals surface area contributed by atoms with Crippen molar-refractivity contribution in [2.24, 2.45) is 5.92 Å². The van der Waals surface area contributed by atoms with E-state index in [1.165, 1.54) is 9.21 Å². The molecule has 0 saturated carbocycles. The van der Waals surface area contributed by atoms with Gasteiger partial charge in [0.05, 0.1) is 4.90 Å². The standard InChI is InChI=1S/C18H26N2O5S/c1-13(2)20(12-17(21)22)18(23)15-8-10-19(11-9-15)26(24,25)16-6-4-14(3)5-7-16/h4-7,13,15H,8-12H2,1-3H3,(H,21,22). The summed E-state index contributed by atoms with van der Waals surface area (Å²) in [6, 6.07) is 6.49. The molecule has 0 bridgehead atoms. The van der Waals surface area contributed by atoms with E-state index in [0.717, 1.165) is 5.56 Å². The molecule has 8 heteroatoms. The number of benzene rings is 1. The maximum absolute atomic E-state index is 12.7. The van der Waals surface area contributed by atoms with Crippen LogP contribution in [0.4, 0.5) is 0 Å². The zero-order valence-corrected chi connectivity index (χ0v) is 16.2. The van der Waals surface area contributed by atoms with Crippen molar-refractivity contribution in [3.8, 4) is 0 Å². The average Bonchev–Trinajstić information content (AvgIpc) is 2.59. The molecule has 0 atom stereocenters. The number of aliphatic carboxylic acids is 1. The number of carboxylic acid groups (broad SMARTS) is 1. The molecule has 0 aliphatic carbocycles. The van der Waals surface area contributed by atoms with Crippen LogP contribution in [-0.2, 0) is 19.6 Å². The molecule has 0 radical (unpaired) electrons. The molecule has 1 aromatic rings. The first-order valence-electron chi connectivity index (χ1n) is 8.72. The van der Waals surface area contributed by atoms with Crippen molar-refractivity contribution >= 4 is 21.9 Å². The summed E-state index contributed by atoms with van der Waals surface area (Å²) in [5, 5.41) is 8.99. The fourth-order valence-corrected chi connectivity index (χ4v) is 4.57. The van der Waals surface area contributed by atoms with E-state index in [1.807, 2.05) is 6.92 Å². The van der Waals surface area contributed by atoms with Gasteiger partial charge in [0.1, 0.15) is 6.54 Å². The minimum absolute atomic E-state index is 0.213. The second-order valence-electron chi connectivity index (χ2n) is 6.95. The van der Waals surface area contributed by atoms with Crippen LogP contribution in [0.1, 0.15) is 32.3 Å². The van der Waals surface area contributed by atoms with Gasteiger partial charge in [-0.3, -0.25) is 9.59 Å². The van der Waals surface area contributed by atoms with E-state index in [2.05, 4.69) is 0 Å². The molecule has 1 amide bonds. The van der Waals surface area contributed by atoms with Gasteiger partial charge in [0.15, 0.2) is 0 Å². The maximum Gasteiger partial charge on any atom is 0.323 e. The SMILES string of the molecule is Cc1ccc(S(=O)(=O)N2CCC(C(=O)N(CC(=O)O)C(C)C)CC2)cc1. The van der Waals surface area contributed by atoms with Gasteiger partial charge in [-0.2, -0.15) is 4.31 Å². The third-order valence-electron chi connectivity index (χ3n) is 4.67. The number of piperidine rings is 1. The number of rotatable bonds is 6. The second kappa shape index (κ2) is 8.18. The van der Waals surface area contributed by atoms with Crippen LogP contribution in [0.25, 0.3) is 0 Å². The quantitative estimate of drug-likeness (QED) is 0.808. The van der Waals surface area contributed by atoms with Crippen molar-refractivity contribution in [1.29, 1.82) is 0 Å². The molecule has 1 aromatic carbocycles. The van der Waals surface area contributed by atoms with Crippen LogP contribution in [0, 0.1) is 12.8 Å². The third-order valence-corrected chi connectivity index (χ3v) is 6.59. The van der Waals surface area contributed by atoms with E-state index in [-0.39, 0.29) is 42.4 Å². The smallest absolute Gasteiger partial charge is 0.323 e. The topological polar surface area (TPSA) is 95.0 Å². The van der Waals surface area contributed by atoms with Gasteiger partial charge in [-0.25, -0.2) is 8.42 Å². The van der Waals surface area contributed by atoms with Crippen LogP contribution < -0.4 is 0 Å². The molecule has 26 heavy (non-hydrogen) atoms. The van der Waals surface area contributed by atoms with Crippen molar-refractivity contribution in [3.05, 3.63) is 29.8 Å². The molecule has 1 aliphatic heterocycles. The lowest BCUT2D eigenvalue weighted by Gasteiger charge is -2.34. The van der Waals surface area contributed by atoms with Gasteiger partial charge in [0.2, 0.25) is 15.9 Å². The Labute approximate surface area is 154 Å². The zero-order chi connectivity index (χ0) is 19.5. The number of carboxylic acids is 1. The molecule has 144 valence electrons. The molecular weight excluding hydrogens is 356 g/mol. The fraction of sp³-hybridized carbons (Fsp3) is 0.556. The Balaban J connectivity index is 2.05. The minimum Gasteiger partial charge on any atom is -0.480 e. The summed E-state index contributed by atoms with van der Waals surface area (Å²) in [4.78, 5) is 25.2. The summed E-state index contributed by atoms with van der Waals surface area (Å²) >= 11 is 0. The maximum atomic E-state index is 12.7. The number of amides is 1. The van der Waals surface area contributed by atoms with Gasteiger partial charge < -0.3 is 10.0 Å². The summed E-state index contributed by atoms with van der Waals surface area (Å²) < 4.78 is 26.8. The van der Waals surface area contributed by atoms with Gasteiger partial charge in [-0.1, -0.05) is 17.7 Å². The highest BCUT2D eigenvalue weighted by atomic mass is 32.2. The van der Waals surface area contributed by atoms with E-state index in [1.54, 1.807) is 38.1 Å². The first-order chi connectivity index (χ1) is 12.1. The molecule has 1 heterocycles. The predicted octanol–water partition coefficient (Wildman–Crippen LogP) is 1.72. The number of hydrogen-bond acceptors (Lipinski definition) is 4. The monoisotopic (exact) mass is 382 g/mol. The van der Waals surface area contributed by atoms with Crippen molar-refractivity contribution in [2.45, 2.75) is 44.6 Å². The van der Waals surface area contributed by atoms with Crippen molar-refractivity contribution in [1.82, 2.24) is 9.21 Å². The molecular formula is C18H26N2O5S. The van der Waals surface area contributed by atoms with Crippen LogP contribution in [0.5, 0.6) is 0 Å². The number of sulfonamides is 1. The van der Waals surface area contributed by atoms with E-state index in [9.17, 15) is 18.0 Å². The van der Waals surface area contributed by atoms with Crippen LogP contribution in [0.3, 0.4) is 0 Å². The van der Waals surface area contributed by atoms with E-state index in [4.69, 9.17) is 5.11 Å². The van der Waals surface area contributed by atoms with Crippen molar-refractivity contribution in [2.75, 3.05) is 19.6 Å². The normalized spacial score (nSPS) is 16.6. The first-order valence-corrected chi connectivity index (χ1v) is 10.2. The zero-order valence-electron chi connectivity index (χ0n) is 15.4. The average molecular weight is 382 g/mol.